The van der Waals surface area contributed by atoms with Crippen LogP contribution >= 0.6 is 0 Å². The van der Waals surface area contributed by atoms with Crippen LogP contribution in [0.3, 0.4) is 0 Å². The molecule has 2 rings (SSSR count). The number of anilines is 1. The second-order valence-electron chi connectivity index (χ2n) is 4.55. The van der Waals surface area contributed by atoms with Crippen LogP contribution in [0.25, 0.3) is 0 Å². The zero-order chi connectivity index (χ0) is 12.3. The van der Waals surface area contributed by atoms with Crippen molar-refractivity contribution in [3.63, 3.8) is 0 Å². The highest BCUT2D eigenvalue weighted by atomic mass is 16.3. The summed E-state index contributed by atoms with van der Waals surface area (Å²) in [6.45, 7) is 1.22. The molecule has 1 fully saturated rings. The second-order valence-corrected chi connectivity index (χ2v) is 4.55. The number of hydrogen-bond acceptors (Lipinski definition) is 3. The van der Waals surface area contributed by atoms with Crippen LogP contribution in [-0.4, -0.2) is 35.1 Å². The Balaban J connectivity index is 1.94. The molecule has 17 heavy (non-hydrogen) atoms. The van der Waals surface area contributed by atoms with E-state index in [1.807, 2.05) is 12.1 Å². The van der Waals surface area contributed by atoms with Crippen LogP contribution < -0.4 is 5.73 Å². The predicted molar refractivity (Wildman–Crippen MR) is 66.4 cm³/mol. The summed E-state index contributed by atoms with van der Waals surface area (Å²) in [6.07, 6.45) is 1.70. The average Bonchev–Trinajstić information content (AvgIpc) is 2.32. The summed E-state index contributed by atoms with van der Waals surface area (Å²) < 4.78 is 0. The van der Waals surface area contributed by atoms with Gasteiger partial charge < -0.3 is 15.7 Å². The number of nitrogen functional groups attached to an aromatic ring is 1. The Morgan fingerprint density at radius 3 is 2.76 bits per heavy atom. The molecular weight excluding hydrogens is 216 g/mol. The van der Waals surface area contributed by atoms with Crippen LogP contribution in [-0.2, 0) is 11.2 Å². The Labute approximate surface area is 101 Å². The number of carbonyl (C=O) groups excluding carboxylic acids is 1. The fourth-order valence-corrected chi connectivity index (χ4v) is 2.10. The molecule has 1 aromatic carbocycles. The van der Waals surface area contributed by atoms with E-state index < -0.39 is 0 Å². The van der Waals surface area contributed by atoms with Crippen molar-refractivity contribution >= 4 is 11.6 Å². The van der Waals surface area contributed by atoms with E-state index in [-0.39, 0.29) is 12.0 Å². The van der Waals surface area contributed by atoms with Gasteiger partial charge in [0.15, 0.2) is 0 Å². The number of amides is 1. The van der Waals surface area contributed by atoms with Crippen molar-refractivity contribution in [2.75, 3.05) is 18.8 Å². The molecule has 1 atom stereocenters. The standard InChI is InChI=1S/C13H18N2O2/c14-11-5-3-10(4-6-11)8-13(17)15-7-1-2-12(16)9-15/h3-6,12,16H,1-2,7-9,14H2. The number of rotatable bonds is 2. The number of aliphatic hydroxyl groups is 1. The first kappa shape index (κ1) is 11.9. The number of likely N-dealkylation sites (tertiary alicyclic amines) is 1. The number of aliphatic hydroxyl groups excluding tert-OH is 1. The largest absolute Gasteiger partial charge is 0.399 e. The lowest BCUT2D eigenvalue weighted by Crippen LogP contribution is -2.42. The second kappa shape index (κ2) is 5.19. The minimum atomic E-state index is -0.362. The molecule has 1 amide bonds. The fourth-order valence-electron chi connectivity index (χ4n) is 2.10. The Morgan fingerprint density at radius 2 is 2.12 bits per heavy atom. The molecule has 0 saturated carbocycles. The van der Waals surface area contributed by atoms with Gasteiger partial charge in [0.2, 0.25) is 5.91 Å². The topological polar surface area (TPSA) is 66.6 Å². The summed E-state index contributed by atoms with van der Waals surface area (Å²) in [5.41, 5.74) is 7.26. The number of nitrogens with two attached hydrogens (primary N) is 1. The van der Waals surface area contributed by atoms with Crippen molar-refractivity contribution in [1.82, 2.24) is 4.90 Å². The molecule has 4 nitrogen and oxygen atoms in total. The Kier molecular flexibility index (Phi) is 3.64. The number of piperidine rings is 1. The van der Waals surface area contributed by atoms with E-state index in [1.54, 1.807) is 17.0 Å². The molecule has 1 saturated heterocycles. The highest BCUT2D eigenvalue weighted by molar-refractivity contribution is 5.79. The molecule has 1 aliphatic heterocycles. The smallest absolute Gasteiger partial charge is 0.227 e. The summed E-state index contributed by atoms with van der Waals surface area (Å²) in [4.78, 5) is 13.7. The van der Waals surface area contributed by atoms with Crippen molar-refractivity contribution in [2.24, 2.45) is 0 Å². The number of nitrogens with zero attached hydrogens (tertiary/aromatic N) is 1. The van der Waals surface area contributed by atoms with E-state index in [9.17, 15) is 9.90 Å². The van der Waals surface area contributed by atoms with Crippen LogP contribution in [0.15, 0.2) is 24.3 Å². The quantitative estimate of drug-likeness (QED) is 0.744. The molecule has 0 aromatic heterocycles. The molecule has 0 radical (unpaired) electrons. The lowest BCUT2D eigenvalue weighted by molar-refractivity contribution is -0.133. The van der Waals surface area contributed by atoms with Gasteiger partial charge in [0, 0.05) is 18.8 Å². The summed E-state index contributed by atoms with van der Waals surface area (Å²) in [5.74, 6) is 0.0773. The molecule has 1 unspecified atom stereocenters. The molecule has 0 aliphatic carbocycles. The van der Waals surface area contributed by atoms with Crippen LogP contribution in [0.2, 0.25) is 0 Å². The third-order valence-electron chi connectivity index (χ3n) is 3.08. The predicted octanol–water partition coefficient (Wildman–Crippen LogP) is 0.795. The van der Waals surface area contributed by atoms with Crippen molar-refractivity contribution in [2.45, 2.75) is 25.4 Å². The number of hydrogen-bond donors (Lipinski definition) is 2. The van der Waals surface area contributed by atoms with Crippen LogP contribution in [0, 0.1) is 0 Å². The van der Waals surface area contributed by atoms with E-state index in [0.717, 1.165) is 24.9 Å². The van der Waals surface area contributed by atoms with Gasteiger partial charge in [-0.25, -0.2) is 0 Å². The third-order valence-corrected chi connectivity index (χ3v) is 3.08. The van der Waals surface area contributed by atoms with Gasteiger partial charge in [-0.15, -0.1) is 0 Å². The van der Waals surface area contributed by atoms with Crippen molar-refractivity contribution in [3.05, 3.63) is 29.8 Å². The molecule has 0 bridgehead atoms. The van der Waals surface area contributed by atoms with Crippen LogP contribution in [0.4, 0.5) is 5.69 Å². The summed E-state index contributed by atoms with van der Waals surface area (Å²) in [6, 6.07) is 7.34. The minimum Gasteiger partial charge on any atom is -0.399 e. The Hall–Kier alpha value is -1.55. The Bertz CT molecular complexity index is 389. The molecular formula is C13H18N2O2. The molecule has 4 heteroatoms. The number of β-amino-alcohol motifs (C(OH)–C–C–N with tert-alkyl or cyclic N) is 1. The highest BCUT2D eigenvalue weighted by Crippen LogP contribution is 2.13. The first-order valence-corrected chi connectivity index (χ1v) is 5.95. The van der Waals surface area contributed by atoms with E-state index >= 15 is 0 Å². The maximum Gasteiger partial charge on any atom is 0.227 e. The van der Waals surface area contributed by atoms with Gasteiger partial charge >= 0.3 is 0 Å². The molecule has 1 aliphatic rings. The zero-order valence-corrected chi connectivity index (χ0v) is 9.80. The Morgan fingerprint density at radius 1 is 1.41 bits per heavy atom. The normalized spacial score (nSPS) is 20.3. The summed E-state index contributed by atoms with van der Waals surface area (Å²) >= 11 is 0. The van der Waals surface area contributed by atoms with Gasteiger partial charge in [-0.2, -0.15) is 0 Å². The van der Waals surface area contributed by atoms with Gasteiger partial charge in [0.25, 0.3) is 0 Å². The average molecular weight is 234 g/mol. The molecule has 3 N–H and O–H groups in total. The van der Waals surface area contributed by atoms with Crippen molar-refractivity contribution < 1.29 is 9.90 Å². The van der Waals surface area contributed by atoms with Crippen LogP contribution in [0.1, 0.15) is 18.4 Å². The molecule has 0 spiro atoms. The van der Waals surface area contributed by atoms with E-state index in [4.69, 9.17) is 5.73 Å². The van der Waals surface area contributed by atoms with Gasteiger partial charge in [0.1, 0.15) is 0 Å². The fraction of sp³-hybridized carbons (Fsp3) is 0.462. The molecule has 1 heterocycles. The van der Waals surface area contributed by atoms with Gasteiger partial charge in [-0.3, -0.25) is 4.79 Å². The van der Waals surface area contributed by atoms with Crippen molar-refractivity contribution in [1.29, 1.82) is 0 Å². The number of carbonyl (C=O) groups is 1. The van der Waals surface area contributed by atoms with E-state index in [0.29, 0.717) is 18.7 Å². The zero-order valence-electron chi connectivity index (χ0n) is 9.80. The lowest BCUT2D eigenvalue weighted by Gasteiger charge is -2.30. The van der Waals surface area contributed by atoms with Gasteiger partial charge in [-0.1, -0.05) is 12.1 Å². The lowest BCUT2D eigenvalue weighted by atomic mass is 10.1. The molecule has 1 aromatic rings. The monoisotopic (exact) mass is 234 g/mol. The van der Waals surface area contributed by atoms with E-state index in [1.165, 1.54) is 0 Å². The van der Waals surface area contributed by atoms with Gasteiger partial charge in [0.05, 0.1) is 12.5 Å². The summed E-state index contributed by atoms with van der Waals surface area (Å²) in [5, 5.41) is 9.52. The number of benzene rings is 1. The maximum atomic E-state index is 12.0. The highest BCUT2D eigenvalue weighted by Gasteiger charge is 2.21. The van der Waals surface area contributed by atoms with Gasteiger partial charge in [-0.05, 0) is 30.5 Å². The first-order chi connectivity index (χ1) is 8.15. The molecule has 92 valence electrons. The SMILES string of the molecule is Nc1ccc(CC(=O)N2CCCC(O)C2)cc1. The maximum absolute atomic E-state index is 12.0. The van der Waals surface area contributed by atoms with Crippen molar-refractivity contribution in [3.8, 4) is 0 Å². The van der Waals surface area contributed by atoms with E-state index in [2.05, 4.69) is 0 Å². The third kappa shape index (κ3) is 3.20. The minimum absolute atomic E-state index is 0.0773. The van der Waals surface area contributed by atoms with Crippen LogP contribution in [0.5, 0.6) is 0 Å². The first-order valence-electron chi connectivity index (χ1n) is 5.95. The summed E-state index contributed by atoms with van der Waals surface area (Å²) in [7, 11) is 0.